The van der Waals surface area contributed by atoms with E-state index in [9.17, 15) is 34.2 Å². The van der Waals surface area contributed by atoms with Crippen LogP contribution < -0.4 is 10.6 Å². The summed E-state index contributed by atoms with van der Waals surface area (Å²) in [5, 5.41) is 24.7. The lowest BCUT2D eigenvalue weighted by atomic mass is 10.0. The van der Waals surface area contributed by atoms with Crippen molar-refractivity contribution in [3.05, 3.63) is 78.0 Å². The summed E-state index contributed by atoms with van der Waals surface area (Å²) in [4.78, 5) is 74.3. The molecule has 4 rings (SSSR count). The number of carbonyl (C=O) groups is 5. The molecule has 2 heterocycles. The van der Waals surface area contributed by atoms with Crippen molar-refractivity contribution < 1.29 is 38.9 Å². The fourth-order valence-electron chi connectivity index (χ4n) is 4.95. The third-order valence-corrected chi connectivity index (χ3v) is 7.26. The number of ether oxygens (including phenoxy) is 1. The van der Waals surface area contributed by atoms with Crippen LogP contribution in [-0.4, -0.2) is 98.7 Å². The summed E-state index contributed by atoms with van der Waals surface area (Å²) < 4.78 is 5.03. The number of carbonyl (C=O) groups excluding carboxylic acids is 3. The zero-order chi connectivity index (χ0) is 33.1. The Labute approximate surface area is 265 Å². The van der Waals surface area contributed by atoms with Crippen LogP contribution in [0.15, 0.2) is 66.7 Å². The topological polar surface area (TPSA) is 191 Å². The second kappa shape index (κ2) is 16.0. The van der Waals surface area contributed by atoms with Crippen LogP contribution in [0.3, 0.4) is 0 Å². The highest BCUT2D eigenvalue weighted by atomic mass is 16.6. The lowest BCUT2D eigenvalue weighted by molar-refractivity contribution is -0.139. The van der Waals surface area contributed by atoms with Crippen molar-refractivity contribution in [2.45, 2.75) is 38.3 Å². The van der Waals surface area contributed by atoms with E-state index in [1.807, 2.05) is 12.1 Å². The Morgan fingerprint density at radius 2 is 1.50 bits per heavy atom. The fourth-order valence-corrected chi connectivity index (χ4v) is 4.95. The summed E-state index contributed by atoms with van der Waals surface area (Å²) in [6, 6.07) is 17.3. The minimum absolute atomic E-state index is 0.112. The molecule has 4 N–H and O–H groups in total. The van der Waals surface area contributed by atoms with Gasteiger partial charge in [-0.25, -0.2) is 14.8 Å². The highest BCUT2D eigenvalue weighted by molar-refractivity contribution is 5.97. The first kappa shape index (κ1) is 33.4. The average Bonchev–Trinajstić information content (AvgIpc) is 3.06. The van der Waals surface area contributed by atoms with E-state index in [2.05, 4.69) is 20.6 Å². The molecule has 1 fully saturated rings. The molecule has 0 aliphatic carbocycles. The second-order valence-electron chi connectivity index (χ2n) is 10.5. The zero-order valence-electron chi connectivity index (χ0n) is 25.3. The molecule has 3 amide bonds. The molecular weight excluding hydrogens is 596 g/mol. The number of anilines is 1. The zero-order valence-corrected chi connectivity index (χ0v) is 25.3. The SMILES string of the molecule is CCOC(=O)N1CCN(C(=O)[C@H](CCC(=O)O)NC(=O)c2cc(N[C@H](CC(=O)O)c3ccccc3)nc(-c3ccccc3)n2)CC1. The molecule has 46 heavy (non-hydrogen) atoms. The molecule has 2 atom stereocenters. The Morgan fingerprint density at radius 1 is 0.870 bits per heavy atom. The van der Waals surface area contributed by atoms with Gasteiger partial charge in [-0.05, 0) is 18.9 Å². The predicted octanol–water partition coefficient (Wildman–Crippen LogP) is 3.04. The summed E-state index contributed by atoms with van der Waals surface area (Å²) in [5.74, 6) is -3.05. The number of benzene rings is 2. The first-order chi connectivity index (χ1) is 22.1. The van der Waals surface area contributed by atoms with Crippen LogP contribution in [0.1, 0.15) is 48.3 Å². The number of nitrogens with zero attached hydrogens (tertiary/aromatic N) is 4. The van der Waals surface area contributed by atoms with E-state index in [0.29, 0.717) is 11.1 Å². The molecule has 0 spiro atoms. The van der Waals surface area contributed by atoms with Gasteiger partial charge in [0, 0.05) is 44.2 Å². The van der Waals surface area contributed by atoms with Crippen LogP contribution in [0, 0.1) is 0 Å². The van der Waals surface area contributed by atoms with E-state index >= 15 is 0 Å². The average molecular weight is 633 g/mol. The molecule has 14 heteroatoms. The van der Waals surface area contributed by atoms with E-state index in [0.717, 1.165) is 0 Å². The normalized spacial score (nSPS) is 14.1. The van der Waals surface area contributed by atoms with Gasteiger partial charge in [0.25, 0.3) is 5.91 Å². The number of aromatic nitrogens is 2. The van der Waals surface area contributed by atoms with Gasteiger partial charge >= 0.3 is 18.0 Å². The highest BCUT2D eigenvalue weighted by Gasteiger charge is 2.31. The van der Waals surface area contributed by atoms with Gasteiger partial charge in [0.2, 0.25) is 5.91 Å². The Morgan fingerprint density at radius 3 is 2.11 bits per heavy atom. The summed E-state index contributed by atoms with van der Waals surface area (Å²) in [6.07, 6.45) is -1.30. The van der Waals surface area contributed by atoms with Gasteiger partial charge in [-0.3, -0.25) is 19.2 Å². The van der Waals surface area contributed by atoms with Gasteiger partial charge in [0.1, 0.15) is 17.6 Å². The third kappa shape index (κ3) is 9.24. The number of aliphatic carboxylic acids is 2. The number of piperazine rings is 1. The number of hydrogen-bond acceptors (Lipinski definition) is 9. The van der Waals surface area contributed by atoms with Gasteiger partial charge in [-0.15, -0.1) is 0 Å². The number of nitrogens with one attached hydrogen (secondary N) is 2. The number of rotatable bonds is 13. The number of amides is 3. The van der Waals surface area contributed by atoms with E-state index < -0.39 is 41.9 Å². The van der Waals surface area contributed by atoms with Crippen LogP contribution >= 0.6 is 0 Å². The van der Waals surface area contributed by atoms with Gasteiger partial charge in [0.05, 0.1) is 19.1 Å². The van der Waals surface area contributed by atoms with E-state index in [1.165, 1.54) is 15.9 Å². The molecule has 3 aromatic rings. The fraction of sp³-hybridized carbons (Fsp3) is 0.344. The summed E-state index contributed by atoms with van der Waals surface area (Å²) in [5.41, 5.74) is 1.17. The first-order valence-electron chi connectivity index (χ1n) is 14.9. The molecule has 1 aliphatic heterocycles. The van der Waals surface area contributed by atoms with Crippen LogP contribution in [0.25, 0.3) is 11.4 Å². The highest BCUT2D eigenvalue weighted by Crippen LogP contribution is 2.25. The van der Waals surface area contributed by atoms with E-state index in [4.69, 9.17) is 4.74 Å². The van der Waals surface area contributed by atoms with Gasteiger partial charge in [-0.2, -0.15) is 0 Å². The maximum absolute atomic E-state index is 13.7. The van der Waals surface area contributed by atoms with Gasteiger partial charge < -0.3 is 35.4 Å². The molecule has 0 unspecified atom stereocenters. The lowest BCUT2D eigenvalue weighted by Gasteiger charge is -2.35. The van der Waals surface area contributed by atoms with Crippen molar-refractivity contribution in [3.8, 4) is 11.4 Å². The minimum atomic E-state index is -1.19. The number of hydrogen-bond donors (Lipinski definition) is 4. The molecule has 1 aromatic heterocycles. The molecule has 0 radical (unpaired) electrons. The van der Waals surface area contributed by atoms with Crippen LogP contribution in [0.2, 0.25) is 0 Å². The van der Waals surface area contributed by atoms with Crippen molar-refractivity contribution in [1.29, 1.82) is 0 Å². The van der Waals surface area contributed by atoms with Crippen molar-refractivity contribution in [2.75, 3.05) is 38.1 Å². The number of carboxylic acids is 2. The van der Waals surface area contributed by atoms with E-state index in [1.54, 1.807) is 55.5 Å². The van der Waals surface area contributed by atoms with Crippen molar-refractivity contribution in [3.63, 3.8) is 0 Å². The molecule has 2 aromatic carbocycles. The number of carboxylic acid groups (broad SMARTS) is 2. The van der Waals surface area contributed by atoms with Gasteiger partial charge in [0.15, 0.2) is 5.82 Å². The predicted molar refractivity (Wildman–Crippen MR) is 166 cm³/mol. The molecule has 0 saturated carbocycles. The molecular formula is C32H36N6O8. The maximum Gasteiger partial charge on any atom is 0.409 e. The monoisotopic (exact) mass is 632 g/mol. The first-order valence-corrected chi connectivity index (χ1v) is 14.9. The molecule has 1 aliphatic rings. The van der Waals surface area contributed by atoms with Crippen molar-refractivity contribution in [2.24, 2.45) is 0 Å². The summed E-state index contributed by atoms with van der Waals surface area (Å²) in [6.45, 7) is 2.74. The molecule has 242 valence electrons. The Balaban J connectivity index is 1.60. The minimum Gasteiger partial charge on any atom is -0.481 e. The smallest absolute Gasteiger partial charge is 0.409 e. The standard InChI is InChI=1S/C32H36N6O8/c1-2-46-32(45)38-17-15-37(16-18-38)31(44)23(13-14-27(39)40)35-30(43)25-19-26(36-29(34-25)22-11-7-4-8-12-22)33-24(20-28(41)42)21-9-5-3-6-10-21/h3-12,19,23-24H,2,13-18,20H2,1H3,(H,35,43)(H,39,40)(H,41,42)(H,33,34,36)/t23-,24+/m0/s1. The third-order valence-electron chi connectivity index (χ3n) is 7.26. The van der Waals surface area contributed by atoms with Crippen LogP contribution in [-0.2, 0) is 19.1 Å². The van der Waals surface area contributed by atoms with Crippen LogP contribution in [0.5, 0.6) is 0 Å². The van der Waals surface area contributed by atoms with Crippen molar-refractivity contribution in [1.82, 2.24) is 25.1 Å². The Bertz CT molecular complexity index is 1530. The Kier molecular flexibility index (Phi) is 11.6. The maximum atomic E-state index is 13.7. The Hall–Kier alpha value is -5.53. The summed E-state index contributed by atoms with van der Waals surface area (Å²) in [7, 11) is 0. The lowest BCUT2D eigenvalue weighted by Crippen LogP contribution is -2.56. The largest absolute Gasteiger partial charge is 0.481 e. The summed E-state index contributed by atoms with van der Waals surface area (Å²) >= 11 is 0. The molecule has 14 nitrogen and oxygen atoms in total. The van der Waals surface area contributed by atoms with Crippen molar-refractivity contribution >= 4 is 35.7 Å². The van der Waals surface area contributed by atoms with E-state index in [-0.39, 0.29) is 69.4 Å². The second-order valence-corrected chi connectivity index (χ2v) is 10.5. The van der Waals surface area contributed by atoms with Gasteiger partial charge in [-0.1, -0.05) is 60.7 Å². The molecule has 1 saturated heterocycles. The van der Waals surface area contributed by atoms with Crippen LogP contribution in [0.4, 0.5) is 10.6 Å². The quantitative estimate of drug-likeness (QED) is 0.217. The molecule has 0 bridgehead atoms.